The van der Waals surface area contributed by atoms with Gasteiger partial charge in [0.25, 0.3) is 5.69 Å². The Morgan fingerprint density at radius 1 is 1.19 bits per heavy atom. The molecule has 4 N–H and O–H groups in total. The first kappa shape index (κ1) is 16.8. The Morgan fingerprint density at radius 2 is 1.71 bits per heavy atom. The van der Waals surface area contributed by atoms with Crippen LogP contribution in [0.2, 0.25) is 0 Å². The SMILES string of the molecule is O=C(/C=C/c1ccc([N+](=O)[O-])cc1)NC(CO)(CO)CO. The Bertz CT molecular complexity index is 514. The molecule has 0 saturated carbocycles. The predicted octanol–water partition coefficient (Wildman–Crippen LogP) is -0.560. The lowest BCUT2D eigenvalue weighted by atomic mass is 10.0. The van der Waals surface area contributed by atoms with Crippen LogP contribution in [0.3, 0.4) is 0 Å². The van der Waals surface area contributed by atoms with Gasteiger partial charge in [0.1, 0.15) is 5.54 Å². The number of benzene rings is 1. The summed E-state index contributed by atoms with van der Waals surface area (Å²) in [7, 11) is 0. The first-order chi connectivity index (χ1) is 9.96. The molecule has 0 aliphatic heterocycles. The van der Waals surface area contributed by atoms with Crippen molar-refractivity contribution in [1.29, 1.82) is 0 Å². The molecule has 1 amide bonds. The van der Waals surface area contributed by atoms with Gasteiger partial charge in [0.15, 0.2) is 0 Å². The van der Waals surface area contributed by atoms with Crippen LogP contribution in [-0.2, 0) is 4.79 Å². The minimum Gasteiger partial charge on any atom is -0.394 e. The molecule has 1 aromatic carbocycles. The quantitative estimate of drug-likeness (QED) is 0.303. The maximum absolute atomic E-state index is 11.6. The van der Waals surface area contributed by atoms with Gasteiger partial charge in [-0.3, -0.25) is 14.9 Å². The third-order valence-corrected chi connectivity index (χ3v) is 2.83. The van der Waals surface area contributed by atoms with Crippen molar-refractivity contribution in [3.8, 4) is 0 Å². The van der Waals surface area contributed by atoms with Crippen molar-refractivity contribution < 1.29 is 25.0 Å². The highest BCUT2D eigenvalue weighted by Gasteiger charge is 2.29. The Balaban J connectivity index is 2.71. The molecule has 0 atom stereocenters. The molecule has 0 radical (unpaired) electrons. The van der Waals surface area contributed by atoms with Crippen molar-refractivity contribution in [3.05, 3.63) is 46.0 Å². The second kappa shape index (κ2) is 7.48. The van der Waals surface area contributed by atoms with E-state index in [1.807, 2.05) is 0 Å². The summed E-state index contributed by atoms with van der Waals surface area (Å²) in [6.45, 7) is -1.84. The Morgan fingerprint density at radius 3 is 2.14 bits per heavy atom. The average Bonchev–Trinajstić information content (AvgIpc) is 2.51. The maximum Gasteiger partial charge on any atom is 0.269 e. The van der Waals surface area contributed by atoms with Crippen LogP contribution in [0.5, 0.6) is 0 Å². The van der Waals surface area contributed by atoms with E-state index in [1.165, 1.54) is 30.3 Å². The van der Waals surface area contributed by atoms with Crippen molar-refractivity contribution in [2.24, 2.45) is 0 Å². The number of hydrogen-bond donors (Lipinski definition) is 4. The number of aliphatic hydroxyl groups excluding tert-OH is 3. The molecule has 0 aliphatic rings. The second-order valence-corrected chi connectivity index (χ2v) is 4.43. The molecule has 0 bridgehead atoms. The van der Waals surface area contributed by atoms with E-state index in [0.717, 1.165) is 6.08 Å². The number of nitrogens with zero attached hydrogens (tertiary/aromatic N) is 1. The van der Waals surface area contributed by atoms with Crippen LogP contribution in [0.4, 0.5) is 5.69 Å². The lowest BCUT2D eigenvalue weighted by Crippen LogP contribution is -2.56. The summed E-state index contributed by atoms with van der Waals surface area (Å²) >= 11 is 0. The van der Waals surface area contributed by atoms with E-state index in [2.05, 4.69) is 5.32 Å². The Hall–Kier alpha value is -2.29. The Kier molecular flexibility index (Phi) is 5.97. The van der Waals surface area contributed by atoms with Crippen molar-refractivity contribution in [3.63, 3.8) is 0 Å². The fourth-order valence-electron chi connectivity index (χ4n) is 1.45. The molecule has 0 fully saturated rings. The van der Waals surface area contributed by atoms with Crippen LogP contribution in [-0.4, -0.2) is 51.5 Å². The van der Waals surface area contributed by atoms with E-state index < -0.39 is 36.2 Å². The summed E-state index contributed by atoms with van der Waals surface area (Å²) in [6, 6.07) is 5.55. The van der Waals surface area contributed by atoms with Gasteiger partial charge in [0.2, 0.25) is 5.91 Å². The highest BCUT2D eigenvalue weighted by atomic mass is 16.6. The third kappa shape index (κ3) is 4.63. The van der Waals surface area contributed by atoms with Gasteiger partial charge in [-0.15, -0.1) is 0 Å². The van der Waals surface area contributed by atoms with E-state index in [-0.39, 0.29) is 5.69 Å². The summed E-state index contributed by atoms with van der Waals surface area (Å²) < 4.78 is 0. The number of nitro groups is 1. The van der Waals surface area contributed by atoms with Gasteiger partial charge in [-0.25, -0.2) is 0 Å². The fraction of sp³-hybridized carbons (Fsp3) is 0.308. The number of carbonyl (C=O) groups excluding carboxylic acids is 1. The average molecular weight is 296 g/mol. The van der Waals surface area contributed by atoms with Crippen LogP contribution >= 0.6 is 0 Å². The van der Waals surface area contributed by atoms with E-state index in [9.17, 15) is 14.9 Å². The number of nitrogens with one attached hydrogen (secondary N) is 1. The molecule has 1 rings (SSSR count). The van der Waals surface area contributed by atoms with Crippen molar-refractivity contribution in [1.82, 2.24) is 5.32 Å². The first-order valence-corrected chi connectivity index (χ1v) is 6.03. The van der Waals surface area contributed by atoms with E-state index in [0.29, 0.717) is 5.56 Å². The minimum atomic E-state index is -1.49. The highest BCUT2D eigenvalue weighted by molar-refractivity contribution is 5.92. The van der Waals surface area contributed by atoms with Crippen LogP contribution < -0.4 is 5.32 Å². The lowest BCUT2D eigenvalue weighted by Gasteiger charge is -2.27. The summed E-state index contributed by atoms with van der Waals surface area (Å²) in [5.74, 6) is -0.620. The smallest absolute Gasteiger partial charge is 0.269 e. The zero-order chi connectivity index (χ0) is 15.9. The Labute approximate surface area is 120 Å². The van der Waals surface area contributed by atoms with Gasteiger partial charge in [-0.2, -0.15) is 0 Å². The number of nitro benzene ring substituents is 1. The zero-order valence-corrected chi connectivity index (χ0v) is 11.1. The molecule has 8 nitrogen and oxygen atoms in total. The van der Waals surface area contributed by atoms with Gasteiger partial charge >= 0.3 is 0 Å². The molecule has 0 heterocycles. The monoisotopic (exact) mass is 296 g/mol. The number of hydrogen-bond acceptors (Lipinski definition) is 6. The number of rotatable bonds is 7. The van der Waals surface area contributed by atoms with Crippen LogP contribution in [0.25, 0.3) is 6.08 Å². The topological polar surface area (TPSA) is 133 Å². The molecule has 1 aromatic rings. The van der Waals surface area contributed by atoms with Gasteiger partial charge in [-0.1, -0.05) is 0 Å². The summed E-state index contributed by atoms with van der Waals surface area (Å²) in [4.78, 5) is 21.6. The molecule has 8 heteroatoms. The van der Waals surface area contributed by atoms with E-state index in [1.54, 1.807) is 0 Å². The fourth-order valence-corrected chi connectivity index (χ4v) is 1.45. The van der Waals surface area contributed by atoms with Crippen molar-refractivity contribution >= 4 is 17.7 Å². The first-order valence-electron chi connectivity index (χ1n) is 6.03. The summed E-state index contributed by atoms with van der Waals surface area (Å²) in [6.07, 6.45) is 2.55. The third-order valence-electron chi connectivity index (χ3n) is 2.83. The minimum absolute atomic E-state index is 0.0588. The number of amides is 1. The molecule has 21 heavy (non-hydrogen) atoms. The summed E-state index contributed by atoms with van der Waals surface area (Å²) in [5.41, 5.74) is -0.980. The number of non-ortho nitro benzene ring substituents is 1. The molecule has 0 saturated heterocycles. The predicted molar refractivity (Wildman–Crippen MR) is 74.3 cm³/mol. The maximum atomic E-state index is 11.6. The number of aliphatic hydroxyl groups is 3. The molecule has 0 aliphatic carbocycles. The van der Waals surface area contributed by atoms with Crippen molar-refractivity contribution in [2.75, 3.05) is 19.8 Å². The highest BCUT2D eigenvalue weighted by Crippen LogP contribution is 2.12. The van der Waals surface area contributed by atoms with Gasteiger partial charge in [0, 0.05) is 18.2 Å². The van der Waals surface area contributed by atoms with E-state index >= 15 is 0 Å². The number of carbonyl (C=O) groups is 1. The molecular weight excluding hydrogens is 280 g/mol. The van der Waals surface area contributed by atoms with Crippen molar-refractivity contribution in [2.45, 2.75) is 5.54 Å². The van der Waals surface area contributed by atoms with Crippen LogP contribution in [0.1, 0.15) is 5.56 Å². The zero-order valence-electron chi connectivity index (χ0n) is 11.1. The molecule has 0 unspecified atom stereocenters. The van der Waals surface area contributed by atoms with Gasteiger partial charge in [-0.05, 0) is 23.8 Å². The van der Waals surface area contributed by atoms with Crippen LogP contribution in [0, 0.1) is 10.1 Å². The molecule has 114 valence electrons. The molecular formula is C13H16N2O6. The molecule has 0 spiro atoms. The van der Waals surface area contributed by atoms with E-state index in [4.69, 9.17) is 15.3 Å². The largest absolute Gasteiger partial charge is 0.394 e. The molecule has 0 aromatic heterocycles. The normalized spacial score (nSPS) is 11.6. The lowest BCUT2D eigenvalue weighted by molar-refractivity contribution is -0.384. The van der Waals surface area contributed by atoms with Gasteiger partial charge in [0.05, 0.1) is 24.7 Å². The summed E-state index contributed by atoms with van der Waals surface area (Å²) in [5, 5.41) is 40.0. The van der Waals surface area contributed by atoms with Gasteiger partial charge < -0.3 is 20.6 Å². The second-order valence-electron chi connectivity index (χ2n) is 4.43. The standard InChI is InChI=1S/C13H16N2O6/c16-7-13(8-17,9-18)14-12(19)6-3-10-1-4-11(5-2-10)15(20)21/h1-6,16-18H,7-9H2,(H,14,19)/b6-3+. The van der Waals surface area contributed by atoms with Crippen LogP contribution in [0.15, 0.2) is 30.3 Å².